The quantitative estimate of drug-likeness (QED) is 0.786. The van der Waals surface area contributed by atoms with Crippen LogP contribution in [-0.2, 0) is 16.1 Å². The van der Waals surface area contributed by atoms with Gasteiger partial charge in [0, 0.05) is 0 Å². The van der Waals surface area contributed by atoms with Crippen LogP contribution in [0.3, 0.4) is 0 Å². The van der Waals surface area contributed by atoms with E-state index < -0.39 is 35.6 Å². The summed E-state index contributed by atoms with van der Waals surface area (Å²) in [6, 6.07) is 18.7. The summed E-state index contributed by atoms with van der Waals surface area (Å²) in [5, 5.41) is 32.7. The topological polar surface area (TPSA) is 79.2 Å². The number of aliphatic hydroxyl groups excluding tert-OH is 1. The van der Waals surface area contributed by atoms with E-state index in [1.165, 1.54) is 0 Å². The molecule has 1 aliphatic heterocycles. The molecule has 2 aromatic carbocycles. The second kappa shape index (κ2) is 5.90. The van der Waals surface area contributed by atoms with Crippen LogP contribution in [0, 0.1) is 0 Å². The zero-order chi connectivity index (χ0) is 17.7. The van der Waals surface area contributed by atoms with E-state index in [0.29, 0.717) is 0 Å². The van der Waals surface area contributed by atoms with E-state index in [1.807, 2.05) is 60.7 Å². The van der Waals surface area contributed by atoms with Crippen molar-refractivity contribution in [2.24, 2.45) is 0 Å². The SMILES string of the molecule is C[C@@H]1O[C@@H](OCc2ccccc2)[C@@]2(O)C(c3ccccc3)[C@@]2(O)[C@H]1O. The average molecular weight is 342 g/mol. The van der Waals surface area contributed by atoms with Crippen LogP contribution in [0.25, 0.3) is 0 Å². The number of aliphatic hydroxyl groups is 3. The monoisotopic (exact) mass is 342 g/mol. The predicted octanol–water partition coefficient (Wildman–Crippen LogP) is 1.57. The van der Waals surface area contributed by atoms with Gasteiger partial charge in [-0.1, -0.05) is 60.7 Å². The number of ether oxygens (including phenoxy) is 2. The summed E-state index contributed by atoms with van der Waals surface area (Å²) in [4.78, 5) is 0. The molecule has 2 aliphatic rings. The van der Waals surface area contributed by atoms with E-state index in [2.05, 4.69) is 0 Å². The Balaban J connectivity index is 1.62. The predicted molar refractivity (Wildman–Crippen MR) is 90.7 cm³/mol. The first-order chi connectivity index (χ1) is 12.0. The molecule has 1 saturated carbocycles. The fraction of sp³-hybridized carbons (Fsp3) is 0.400. The minimum Gasteiger partial charge on any atom is -0.387 e. The first kappa shape index (κ1) is 16.7. The molecule has 0 spiro atoms. The third-order valence-electron chi connectivity index (χ3n) is 5.41. The normalized spacial score (nSPS) is 39.7. The highest BCUT2D eigenvalue weighted by molar-refractivity contribution is 5.46. The number of benzene rings is 2. The molecule has 0 aromatic heterocycles. The van der Waals surface area contributed by atoms with Crippen LogP contribution in [0.5, 0.6) is 0 Å². The van der Waals surface area contributed by atoms with Crippen molar-refractivity contribution < 1.29 is 24.8 Å². The zero-order valence-corrected chi connectivity index (χ0v) is 13.9. The lowest BCUT2D eigenvalue weighted by atomic mass is 9.99. The molecule has 2 aromatic rings. The van der Waals surface area contributed by atoms with Gasteiger partial charge in [-0.05, 0) is 18.1 Å². The molecule has 2 fully saturated rings. The van der Waals surface area contributed by atoms with Crippen molar-refractivity contribution in [2.45, 2.75) is 49.1 Å². The Morgan fingerprint density at radius 3 is 2.20 bits per heavy atom. The molecule has 0 bridgehead atoms. The molecular weight excluding hydrogens is 320 g/mol. The Kier molecular flexibility index (Phi) is 3.94. The van der Waals surface area contributed by atoms with Gasteiger partial charge in [-0.2, -0.15) is 0 Å². The minimum atomic E-state index is -1.69. The van der Waals surface area contributed by atoms with Crippen molar-refractivity contribution in [3.8, 4) is 0 Å². The molecular formula is C20H22O5. The minimum absolute atomic E-state index is 0.244. The summed E-state index contributed by atoms with van der Waals surface area (Å²) in [6.45, 7) is 1.91. The number of rotatable bonds is 4. The standard InChI is InChI=1S/C20H22O5/c1-13-17(21)19(22)16(15-10-6-3-7-11-15)20(19,23)18(25-13)24-12-14-8-4-2-5-9-14/h2-11,13,16-18,21-23H,12H2,1H3/t13-,16?,17-,18+,19+,20-/m0/s1. The molecule has 1 aliphatic carbocycles. The van der Waals surface area contributed by atoms with Crippen molar-refractivity contribution in [3.63, 3.8) is 0 Å². The molecule has 132 valence electrons. The second-order valence-corrected chi connectivity index (χ2v) is 6.91. The van der Waals surface area contributed by atoms with Crippen molar-refractivity contribution in [3.05, 3.63) is 71.8 Å². The highest BCUT2D eigenvalue weighted by Crippen LogP contribution is 2.67. The van der Waals surface area contributed by atoms with Gasteiger partial charge in [0.2, 0.25) is 0 Å². The van der Waals surface area contributed by atoms with E-state index in [4.69, 9.17) is 9.47 Å². The summed E-state index contributed by atoms with van der Waals surface area (Å²) in [5.41, 5.74) is -1.69. The van der Waals surface area contributed by atoms with E-state index >= 15 is 0 Å². The Hall–Kier alpha value is -1.76. The third-order valence-corrected chi connectivity index (χ3v) is 5.41. The molecule has 0 amide bonds. The summed E-state index contributed by atoms with van der Waals surface area (Å²) in [6.07, 6.45) is -2.87. The molecule has 5 nitrogen and oxygen atoms in total. The van der Waals surface area contributed by atoms with E-state index in [1.54, 1.807) is 6.92 Å². The largest absolute Gasteiger partial charge is 0.387 e. The molecule has 1 saturated heterocycles. The van der Waals surface area contributed by atoms with Crippen molar-refractivity contribution in [1.29, 1.82) is 0 Å². The van der Waals surface area contributed by atoms with Gasteiger partial charge in [-0.25, -0.2) is 0 Å². The molecule has 0 radical (unpaired) electrons. The maximum atomic E-state index is 11.2. The van der Waals surface area contributed by atoms with E-state index in [0.717, 1.165) is 11.1 Å². The fourth-order valence-corrected chi connectivity index (χ4v) is 4.02. The van der Waals surface area contributed by atoms with Crippen LogP contribution in [0.15, 0.2) is 60.7 Å². The van der Waals surface area contributed by atoms with Crippen molar-refractivity contribution in [1.82, 2.24) is 0 Å². The van der Waals surface area contributed by atoms with Gasteiger partial charge in [0.05, 0.1) is 18.6 Å². The molecule has 4 rings (SSSR count). The lowest BCUT2D eigenvalue weighted by Crippen LogP contribution is -2.57. The molecule has 25 heavy (non-hydrogen) atoms. The van der Waals surface area contributed by atoms with E-state index in [-0.39, 0.29) is 6.61 Å². The van der Waals surface area contributed by atoms with E-state index in [9.17, 15) is 15.3 Å². The molecule has 1 unspecified atom stereocenters. The first-order valence-corrected chi connectivity index (χ1v) is 8.48. The maximum Gasteiger partial charge on any atom is 0.190 e. The van der Waals surface area contributed by atoms with Crippen LogP contribution in [0.4, 0.5) is 0 Å². The summed E-state index contributed by atoms with van der Waals surface area (Å²) in [7, 11) is 0. The molecule has 6 atom stereocenters. The lowest BCUT2D eigenvalue weighted by Gasteiger charge is -2.38. The molecule has 3 N–H and O–H groups in total. The summed E-state index contributed by atoms with van der Waals surface area (Å²) < 4.78 is 11.5. The van der Waals surface area contributed by atoms with Gasteiger partial charge in [0.25, 0.3) is 0 Å². The van der Waals surface area contributed by atoms with Crippen LogP contribution in [-0.4, -0.2) is 45.0 Å². The van der Waals surface area contributed by atoms with Crippen LogP contribution in [0.1, 0.15) is 24.0 Å². The highest BCUT2D eigenvalue weighted by Gasteiger charge is 2.86. The van der Waals surface area contributed by atoms with Crippen LogP contribution < -0.4 is 0 Å². The molecule has 5 heteroatoms. The summed E-state index contributed by atoms with van der Waals surface area (Å²) in [5.74, 6) is -0.665. The number of fused-ring (bicyclic) bond motifs is 1. The average Bonchev–Trinajstić information content (AvgIpc) is 3.17. The van der Waals surface area contributed by atoms with Crippen LogP contribution in [0.2, 0.25) is 0 Å². The van der Waals surface area contributed by atoms with Crippen LogP contribution >= 0.6 is 0 Å². The highest BCUT2D eigenvalue weighted by atomic mass is 16.7. The second-order valence-electron chi connectivity index (χ2n) is 6.91. The number of hydrogen-bond acceptors (Lipinski definition) is 5. The Labute approximate surface area is 146 Å². The van der Waals surface area contributed by atoms with Crippen molar-refractivity contribution >= 4 is 0 Å². The Morgan fingerprint density at radius 2 is 1.56 bits per heavy atom. The van der Waals surface area contributed by atoms with Gasteiger partial charge in [-0.15, -0.1) is 0 Å². The fourth-order valence-electron chi connectivity index (χ4n) is 4.02. The Morgan fingerprint density at radius 1 is 0.960 bits per heavy atom. The molecule has 1 heterocycles. The Bertz CT molecular complexity index is 736. The van der Waals surface area contributed by atoms with Gasteiger partial charge in [0.15, 0.2) is 11.9 Å². The summed E-state index contributed by atoms with van der Waals surface area (Å²) >= 11 is 0. The lowest BCUT2D eigenvalue weighted by molar-refractivity contribution is -0.297. The van der Waals surface area contributed by atoms with Crippen molar-refractivity contribution in [2.75, 3.05) is 0 Å². The zero-order valence-electron chi connectivity index (χ0n) is 13.9. The van der Waals surface area contributed by atoms with Gasteiger partial charge < -0.3 is 24.8 Å². The number of hydrogen-bond donors (Lipinski definition) is 3. The smallest absolute Gasteiger partial charge is 0.190 e. The first-order valence-electron chi connectivity index (χ1n) is 8.48. The van der Waals surface area contributed by atoms with Gasteiger partial charge in [0.1, 0.15) is 11.7 Å². The van der Waals surface area contributed by atoms with Gasteiger partial charge in [-0.3, -0.25) is 0 Å². The maximum absolute atomic E-state index is 11.2. The van der Waals surface area contributed by atoms with Gasteiger partial charge >= 0.3 is 0 Å². The third kappa shape index (κ3) is 2.35.